The van der Waals surface area contributed by atoms with E-state index in [-0.39, 0.29) is 29.0 Å². The molecule has 2 aliphatic rings. The van der Waals surface area contributed by atoms with Crippen molar-refractivity contribution in [1.29, 1.82) is 0 Å². The van der Waals surface area contributed by atoms with E-state index in [0.717, 1.165) is 19.3 Å². The van der Waals surface area contributed by atoms with Gasteiger partial charge in [-0.25, -0.2) is 4.98 Å². The van der Waals surface area contributed by atoms with E-state index < -0.39 is 0 Å². The summed E-state index contributed by atoms with van der Waals surface area (Å²) < 4.78 is 5.00. The van der Waals surface area contributed by atoms with Crippen LogP contribution in [0.3, 0.4) is 0 Å². The first-order chi connectivity index (χ1) is 9.58. The molecule has 6 nitrogen and oxygen atoms in total. The summed E-state index contributed by atoms with van der Waals surface area (Å²) in [5.41, 5.74) is 6.15. The van der Waals surface area contributed by atoms with Crippen LogP contribution >= 0.6 is 11.6 Å². The zero-order chi connectivity index (χ0) is 14.3. The molecule has 0 spiro atoms. The number of nitrogens with one attached hydrogen (secondary N) is 1. The average molecular weight is 297 g/mol. The summed E-state index contributed by atoms with van der Waals surface area (Å²) in [4.78, 5) is 20.4. The van der Waals surface area contributed by atoms with Crippen LogP contribution in [0, 0.1) is 17.8 Å². The van der Waals surface area contributed by atoms with Crippen LogP contribution in [0.1, 0.15) is 19.3 Å². The summed E-state index contributed by atoms with van der Waals surface area (Å²) in [6, 6.07) is 1.43. The number of anilines is 1. The summed E-state index contributed by atoms with van der Waals surface area (Å²) in [5, 5.41) is 2.94. The topological polar surface area (TPSA) is 90.1 Å². The van der Waals surface area contributed by atoms with Gasteiger partial charge in [-0.3, -0.25) is 10.1 Å². The van der Waals surface area contributed by atoms with Crippen molar-refractivity contribution in [2.24, 2.45) is 23.5 Å². The number of methoxy groups -OCH3 is 1. The number of ether oxygens (including phenoxy) is 1. The molecule has 0 aromatic carbocycles. The van der Waals surface area contributed by atoms with Gasteiger partial charge in [0.05, 0.1) is 13.0 Å². The highest BCUT2D eigenvalue weighted by molar-refractivity contribution is 6.29. The maximum Gasteiger partial charge on any atom is 0.234 e. The molecule has 4 unspecified atom stereocenters. The van der Waals surface area contributed by atoms with E-state index >= 15 is 0 Å². The SMILES string of the molecule is COc1cc(Cl)nc(NC(=O)C2C3CCC(C3)C2N)n1. The third-order valence-corrected chi connectivity index (χ3v) is 4.59. The molecule has 0 radical (unpaired) electrons. The monoisotopic (exact) mass is 296 g/mol. The van der Waals surface area contributed by atoms with Crippen molar-refractivity contribution in [3.63, 3.8) is 0 Å². The molecule has 2 saturated carbocycles. The third kappa shape index (κ3) is 2.33. The second kappa shape index (κ2) is 5.18. The Kier molecular flexibility index (Phi) is 3.52. The Bertz CT molecular complexity index is 537. The highest BCUT2D eigenvalue weighted by Crippen LogP contribution is 2.47. The molecule has 1 amide bonds. The van der Waals surface area contributed by atoms with Crippen molar-refractivity contribution in [3.8, 4) is 5.88 Å². The van der Waals surface area contributed by atoms with E-state index in [9.17, 15) is 4.79 Å². The third-order valence-electron chi connectivity index (χ3n) is 4.40. The van der Waals surface area contributed by atoms with Gasteiger partial charge in [0.2, 0.25) is 17.7 Å². The molecule has 4 atom stereocenters. The number of aromatic nitrogens is 2. The van der Waals surface area contributed by atoms with E-state index in [1.165, 1.54) is 13.2 Å². The van der Waals surface area contributed by atoms with Crippen LogP contribution in [0.5, 0.6) is 5.88 Å². The van der Waals surface area contributed by atoms with Gasteiger partial charge in [-0.15, -0.1) is 0 Å². The second-order valence-corrected chi connectivity index (χ2v) is 5.87. The molecule has 1 aromatic heterocycles. The van der Waals surface area contributed by atoms with Crippen molar-refractivity contribution in [2.75, 3.05) is 12.4 Å². The predicted molar refractivity (Wildman–Crippen MR) is 74.5 cm³/mol. The van der Waals surface area contributed by atoms with E-state index in [0.29, 0.717) is 17.7 Å². The van der Waals surface area contributed by atoms with Crippen LogP contribution in [-0.4, -0.2) is 29.0 Å². The maximum atomic E-state index is 12.4. The number of nitrogens with two attached hydrogens (primary N) is 1. The Hall–Kier alpha value is -1.40. The standard InChI is InChI=1S/C13H17ClN4O2/c1-20-9-5-8(14)16-13(17-9)18-12(19)10-6-2-3-7(4-6)11(10)15/h5-7,10-11H,2-4,15H2,1H3,(H,16,17,18,19). The minimum absolute atomic E-state index is 0.0603. The van der Waals surface area contributed by atoms with Crippen molar-refractivity contribution in [2.45, 2.75) is 25.3 Å². The Morgan fingerprint density at radius 1 is 1.45 bits per heavy atom. The molecule has 20 heavy (non-hydrogen) atoms. The van der Waals surface area contributed by atoms with Gasteiger partial charge in [0, 0.05) is 12.1 Å². The molecule has 2 fully saturated rings. The fourth-order valence-electron chi connectivity index (χ4n) is 3.48. The second-order valence-electron chi connectivity index (χ2n) is 5.48. The van der Waals surface area contributed by atoms with Gasteiger partial charge < -0.3 is 10.5 Å². The molecule has 0 saturated heterocycles. The first kappa shape index (κ1) is 13.6. The fourth-order valence-corrected chi connectivity index (χ4v) is 3.65. The normalized spacial score (nSPS) is 31.4. The van der Waals surface area contributed by atoms with E-state index in [4.69, 9.17) is 22.1 Å². The number of hydrogen-bond donors (Lipinski definition) is 2. The first-order valence-corrected chi connectivity index (χ1v) is 7.11. The Morgan fingerprint density at radius 3 is 2.85 bits per heavy atom. The Labute approximate surface area is 122 Å². The van der Waals surface area contributed by atoms with Crippen molar-refractivity contribution >= 4 is 23.5 Å². The van der Waals surface area contributed by atoms with Crippen LogP contribution in [0.25, 0.3) is 0 Å². The first-order valence-electron chi connectivity index (χ1n) is 6.73. The lowest BCUT2D eigenvalue weighted by atomic mass is 9.84. The molecule has 7 heteroatoms. The minimum Gasteiger partial charge on any atom is -0.481 e. The lowest BCUT2D eigenvalue weighted by Crippen LogP contribution is -2.42. The van der Waals surface area contributed by atoms with Gasteiger partial charge >= 0.3 is 0 Å². The van der Waals surface area contributed by atoms with E-state index in [2.05, 4.69) is 15.3 Å². The van der Waals surface area contributed by atoms with Crippen molar-refractivity contribution in [3.05, 3.63) is 11.2 Å². The van der Waals surface area contributed by atoms with Crippen LogP contribution in [-0.2, 0) is 4.79 Å². The van der Waals surface area contributed by atoms with E-state index in [1.807, 2.05) is 0 Å². The van der Waals surface area contributed by atoms with Crippen molar-refractivity contribution < 1.29 is 9.53 Å². The summed E-state index contributed by atoms with van der Waals surface area (Å²) in [7, 11) is 1.48. The summed E-state index contributed by atoms with van der Waals surface area (Å²) >= 11 is 5.86. The van der Waals surface area contributed by atoms with Gasteiger partial charge in [-0.2, -0.15) is 4.98 Å². The predicted octanol–water partition coefficient (Wildman–Crippen LogP) is 1.45. The van der Waals surface area contributed by atoms with Gasteiger partial charge in [0.1, 0.15) is 5.15 Å². The molecule has 2 aliphatic carbocycles. The molecular weight excluding hydrogens is 280 g/mol. The van der Waals surface area contributed by atoms with Gasteiger partial charge in [0.25, 0.3) is 0 Å². The lowest BCUT2D eigenvalue weighted by molar-refractivity contribution is -0.121. The van der Waals surface area contributed by atoms with Crippen LogP contribution in [0.4, 0.5) is 5.95 Å². The van der Waals surface area contributed by atoms with Crippen molar-refractivity contribution in [1.82, 2.24) is 9.97 Å². The zero-order valence-corrected chi connectivity index (χ0v) is 11.9. The summed E-state index contributed by atoms with van der Waals surface area (Å²) in [5.74, 6) is 1.07. The Morgan fingerprint density at radius 2 is 2.20 bits per heavy atom. The minimum atomic E-state index is -0.151. The van der Waals surface area contributed by atoms with Gasteiger partial charge in [-0.05, 0) is 31.1 Å². The molecule has 2 bridgehead atoms. The Balaban J connectivity index is 1.74. The van der Waals surface area contributed by atoms with Gasteiger partial charge in [-0.1, -0.05) is 11.6 Å². The molecule has 3 rings (SSSR count). The van der Waals surface area contributed by atoms with Crippen LogP contribution < -0.4 is 15.8 Å². The van der Waals surface area contributed by atoms with Crippen LogP contribution in [0.2, 0.25) is 5.15 Å². The molecule has 0 aliphatic heterocycles. The zero-order valence-electron chi connectivity index (χ0n) is 11.2. The summed E-state index contributed by atoms with van der Waals surface area (Å²) in [6.45, 7) is 0. The molecule has 3 N–H and O–H groups in total. The van der Waals surface area contributed by atoms with E-state index in [1.54, 1.807) is 0 Å². The maximum absolute atomic E-state index is 12.4. The highest BCUT2D eigenvalue weighted by atomic mass is 35.5. The largest absolute Gasteiger partial charge is 0.481 e. The molecular formula is C13H17ClN4O2. The van der Waals surface area contributed by atoms with Gasteiger partial charge in [0.15, 0.2) is 0 Å². The number of amides is 1. The number of rotatable bonds is 3. The number of carbonyl (C=O) groups is 1. The average Bonchev–Trinajstić information content (AvgIpc) is 2.98. The lowest BCUT2D eigenvalue weighted by Gasteiger charge is -2.26. The number of nitrogens with zero attached hydrogens (tertiary/aromatic N) is 2. The quantitative estimate of drug-likeness (QED) is 0.824. The summed E-state index contributed by atoms with van der Waals surface area (Å²) in [6.07, 6.45) is 3.27. The molecule has 108 valence electrons. The smallest absolute Gasteiger partial charge is 0.234 e. The number of hydrogen-bond acceptors (Lipinski definition) is 5. The van der Waals surface area contributed by atoms with Crippen LogP contribution in [0.15, 0.2) is 6.07 Å². The highest BCUT2D eigenvalue weighted by Gasteiger charge is 2.49. The number of halogens is 1. The molecule has 1 aromatic rings. The number of fused-ring (bicyclic) bond motifs is 2. The molecule has 1 heterocycles. The number of carbonyl (C=O) groups excluding carboxylic acids is 1. The fraction of sp³-hybridized carbons (Fsp3) is 0.615.